The van der Waals surface area contributed by atoms with E-state index in [-0.39, 0.29) is 12.2 Å². The van der Waals surface area contributed by atoms with E-state index in [4.69, 9.17) is 5.73 Å². The average Bonchev–Trinajstić information content (AvgIpc) is 2.54. The maximum Gasteiger partial charge on any atom is 0.0698 e. The Morgan fingerprint density at radius 3 is 2.92 bits per heavy atom. The van der Waals surface area contributed by atoms with Crippen LogP contribution in [-0.4, -0.2) is 11.1 Å². The Balaban J connectivity index is 2.11. The second kappa shape index (κ2) is 3.18. The van der Waals surface area contributed by atoms with Gasteiger partial charge in [0.15, 0.2) is 0 Å². The van der Waals surface area contributed by atoms with Crippen LogP contribution in [0.4, 0.5) is 0 Å². The van der Waals surface area contributed by atoms with Crippen molar-refractivity contribution < 1.29 is 0 Å². The van der Waals surface area contributed by atoms with Gasteiger partial charge in [-0.1, -0.05) is 6.07 Å². The van der Waals surface area contributed by atoms with Gasteiger partial charge in [-0.3, -0.25) is 4.98 Å². The summed E-state index contributed by atoms with van der Waals surface area (Å²) in [4.78, 5) is 4.24. The van der Waals surface area contributed by atoms with Gasteiger partial charge in [0.25, 0.3) is 0 Å². The molecule has 1 aliphatic heterocycles. The van der Waals surface area contributed by atoms with Gasteiger partial charge in [0.05, 0.1) is 17.9 Å². The summed E-state index contributed by atoms with van der Waals surface area (Å²) in [6, 6.07) is 6.14. The van der Waals surface area contributed by atoms with Crippen molar-refractivity contribution in [3.63, 3.8) is 0 Å². The van der Waals surface area contributed by atoms with Gasteiger partial charge in [0, 0.05) is 6.20 Å². The average molecular weight is 164 g/mol. The van der Waals surface area contributed by atoms with E-state index in [9.17, 15) is 0 Å². The van der Waals surface area contributed by atoms with Crippen molar-refractivity contribution in [2.75, 3.05) is 0 Å². The molecule has 4 nitrogen and oxygen atoms in total. The quantitative estimate of drug-likeness (QED) is 0.542. The Kier molecular flexibility index (Phi) is 2.03. The van der Waals surface area contributed by atoms with E-state index in [0.29, 0.717) is 0 Å². The minimum absolute atomic E-state index is 0.0389. The first kappa shape index (κ1) is 7.67. The van der Waals surface area contributed by atoms with Crippen molar-refractivity contribution in [3.05, 3.63) is 30.1 Å². The standard InChI is InChI=1S/C8H12N4/c9-8-5-7(11-12-8)6-3-1-2-4-10-6/h1-4,7-8,11-12H,5,9H2. The van der Waals surface area contributed by atoms with Crippen LogP contribution >= 0.6 is 0 Å². The monoisotopic (exact) mass is 164 g/mol. The van der Waals surface area contributed by atoms with Gasteiger partial charge < -0.3 is 5.73 Å². The molecule has 64 valence electrons. The lowest BCUT2D eigenvalue weighted by Crippen LogP contribution is -2.36. The van der Waals surface area contributed by atoms with Crippen LogP contribution in [0.5, 0.6) is 0 Å². The van der Waals surface area contributed by atoms with Crippen LogP contribution in [0.3, 0.4) is 0 Å². The lowest BCUT2D eigenvalue weighted by atomic mass is 10.1. The summed E-state index contributed by atoms with van der Waals surface area (Å²) in [6.45, 7) is 0. The molecule has 0 bridgehead atoms. The van der Waals surface area contributed by atoms with Crippen molar-refractivity contribution in [2.24, 2.45) is 5.73 Å². The molecule has 4 N–H and O–H groups in total. The first-order valence-electron chi connectivity index (χ1n) is 4.04. The van der Waals surface area contributed by atoms with Crippen LogP contribution in [0.2, 0.25) is 0 Å². The highest BCUT2D eigenvalue weighted by Crippen LogP contribution is 2.17. The largest absolute Gasteiger partial charge is 0.315 e. The number of hydrogen-bond acceptors (Lipinski definition) is 4. The maximum absolute atomic E-state index is 5.66. The zero-order valence-electron chi connectivity index (χ0n) is 6.70. The minimum atomic E-state index is 0.0389. The smallest absolute Gasteiger partial charge is 0.0698 e. The maximum atomic E-state index is 5.66. The first-order chi connectivity index (χ1) is 5.86. The molecular weight excluding hydrogens is 152 g/mol. The highest BCUT2D eigenvalue weighted by Gasteiger charge is 2.22. The molecule has 0 radical (unpaired) electrons. The summed E-state index contributed by atoms with van der Waals surface area (Å²) in [5.74, 6) is 0. The number of hydrazine groups is 1. The van der Waals surface area contributed by atoms with Crippen LogP contribution in [0, 0.1) is 0 Å². The molecule has 2 heterocycles. The number of nitrogens with one attached hydrogen (secondary N) is 2. The third-order valence-electron chi connectivity index (χ3n) is 1.98. The SMILES string of the molecule is NC1CC(c2ccccn2)NN1. The summed E-state index contributed by atoms with van der Waals surface area (Å²) in [5, 5.41) is 0. The number of nitrogens with two attached hydrogens (primary N) is 1. The predicted molar refractivity (Wildman–Crippen MR) is 45.8 cm³/mol. The van der Waals surface area contributed by atoms with E-state index >= 15 is 0 Å². The van der Waals surface area contributed by atoms with E-state index in [2.05, 4.69) is 15.8 Å². The summed E-state index contributed by atoms with van der Waals surface area (Å²) < 4.78 is 0. The van der Waals surface area contributed by atoms with Crippen molar-refractivity contribution in [1.82, 2.24) is 15.8 Å². The van der Waals surface area contributed by atoms with Crippen molar-refractivity contribution in [2.45, 2.75) is 18.6 Å². The fraction of sp³-hybridized carbons (Fsp3) is 0.375. The molecule has 1 aromatic heterocycles. The van der Waals surface area contributed by atoms with Crippen molar-refractivity contribution >= 4 is 0 Å². The Morgan fingerprint density at radius 1 is 1.42 bits per heavy atom. The fourth-order valence-electron chi connectivity index (χ4n) is 1.36. The van der Waals surface area contributed by atoms with Crippen molar-refractivity contribution in [3.8, 4) is 0 Å². The molecule has 0 saturated carbocycles. The van der Waals surface area contributed by atoms with Crippen LogP contribution in [0.15, 0.2) is 24.4 Å². The molecule has 1 fully saturated rings. The van der Waals surface area contributed by atoms with E-state index in [0.717, 1.165) is 12.1 Å². The molecule has 1 aliphatic rings. The van der Waals surface area contributed by atoms with Gasteiger partial charge in [-0.2, -0.15) is 0 Å². The lowest BCUT2D eigenvalue weighted by Gasteiger charge is -2.06. The molecule has 0 aliphatic carbocycles. The fourth-order valence-corrected chi connectivity index (χ4v) is 1.36. The third kappa shape index (κ3) is 1.45. The lowest BCUT2D eigenvalue weighted by molar-refractivity contribution is 0.546. The second-order valence-electron chi connectivity index (χ2n) is 2.94. The highest BCUT2D eigenvalue weighted by molar-refractivity contribution is 5.09. The zero-order valence-corrected chi connectivity index (χ0v) is 6.70. The van der Waals surface area contributed by atoms with Crippen LogP contribution in [0.25, 0.3) is 0 Å². The first-order valence-corrected chi connectivity index (χ1v) is 4.04. The Bertz CT molecular complexity index is 248. The van der Waals surface area contributed by atoms with Gasteiger partial charge in [0.2, 0.25) is 0 Å². The normalized spacial score (nSPS) is 29.1. The zero-order chi connectivity index (χ0) is 8.39. The third-order valence-corrected chi connectivity index (χ3v) is 1.98. The van der Waals surface area contributed by atoms with Gasteiger partial charge in [-0.25, -0.2) is 10.9 Å². The molecule has 12 heavy (non-hydrogen) atoms. The van der Waals surface area contributed by atoms with Gasteiger partial charge in [-0.05, 0) is 18.6 Å². The molecule has 1 saturated heterocycles. The number of nitrogens with zero attached hydrogens (tertiary/aromatic N) is 1. The molecule has 2 unspecified atom stereocenters. The Morgan fingerprint density at radius 2 is 2.33 bits per heavy atom. The molecule has 2 atom stereocenters. The summed E-state index contributed by atoms with van der Waals surface area (Å²) in [6.07, 6.45) is 2.72. The minimum Gasteiger partial charge on any atom is -0.315 e. The van der Waals surface area contributed by atoms with Gasteiger partial charge in [-0.15, -0.1) is 0 Å². The summed E-state index contributed by atoms with van der Waals surface area (Å²) in [5.41, 5.74) is 12.7. The Hall–Kier alpha value is -0.970. The summed E-state index contributed by atoms with van der Waals surface area (Å²) >= 11 is 0. The van der Waals surface area contributed by atoms with E-state index < -0.39 is 0 Å². The second-order valence-corrected chi connectivity index (χ2v) is 2.94. The van der Waals surface area contributed by atoms with Gasteiger partial charge in [0.1, 0.15) is 0 Å². The van der Waals surface area contributed by atoms with E-state index in [1.807, 2.05) is 18.2 Å². The van der Waals surface area contributed by atoms with Crippen LogP contribution in [0.1, 0.15) is 18.2 Å². The molecule has 1 aromatic rings. The predicted octanol–water partition coefficient (Wildman–Crippen LogP) is -0.0946. The topological polar surface area (TPSA) is 63.0 Å². The Labute approximate surface area is 71.1 Å². The molecule has 0 spiro atoms. The molecular formula is C8H12N4. The number of rotatable bonds is 1. The van der Waals surface area contributed by atoms with Crippen LogP contribution in [-0.2, 0) is 0 Å². The molecule has 0 amide bonds. The van der Waals surface area contributed by atoms with Crippen LogP contribution < -0.4 is 16.6 Å². The highest BCUT2D eigenvalue weighted by atomic mass is 15.4. The van der Waals surface area contributed by atoms with Gasteiger partial charge >= 0.3 is 0 Å². The molecule has 4 heteroatoms. The van der Waals surface area contributed by atoms with E-state index in [1.165, 1.54) is 0 Å². The van der Waals surface area contributed by atoms with Crippen molar-refractivity contribution in [1.29, 1.82) is 0 Å². The number of hydrogen-bond donors (Lipinski definition) is 3. The van der Waals surface area contributed by atoms with E-state index in [1.54, 1.807) is 6.20 Å². The number of aromatic nitrogens is 1. The molecule has 0 aromatic carbocycles. The molecule has 2 rings (SSSR count). The summed E-state index contributed by atoms with van der Waals surface area (Å²) in [7, 11) is 0. The number of pyridine rings is 1.